The van der Waals surface area contributed by atoms with Gasteiger partial charge in [-0.1, -0.05) is 5.16 Å². The molecule has 2 unspecified atom stereocenters. The fourth-order valence-electron chi connectivity index (χ4n) is 4.91. The minimum Gasteiger partial charge on any atom is -0.381 e. The summed E-state index contributed by atoms with van der Waals surface area (Å²) >= 11 is 0. The summed E-state index contributed by atoms with van der Waals surface area (Å²) in [6.07, 6.45) is 9.18. The van der Waals surface area contributed by atoms with Crippen molar-refractivity contribution in [1.82, 2.24) is 20.0 Å². The minimum absolute atomic E-state index is 0.139. The number of rotatable bonds is 3. The molecule has 7 nitrogen and oxygen atoms in total. The molecule has 5 rings (SSSR count). The van der Waals surface area contributed by atoms with Gasteiger partial charge in [-0.25, -0.2) is 0 Å². The molecule has 0 aromatic carbocycles. The molecule has 1 amide bonds. The van der Waals surface area contributed by atoms with Crippen LogP contribution < -0.4 is 0 Å². The van der Waals surface area contributed by atoms with Crippen LogP contribution in [0.1, 0.15) is 50.3 Å². The molecule has 0 radical (unpaired) electrons. The van der Waals surface area contributed by atoms with Crippen molar-refractivity contribution in [2.75, 3.05) is 13.2 Å². The van der Waals surface area contributed by atoms with Crippen molar-refractivity contribution in [3.8, 4) is 11.4 Å². The number of fused-ring (bicyclic) bond motifs is 2. The Balaban J connectivity index is 1.30. The molecule has 0 aliphatic carbocycles. The van der Waals surface area contributed by atoms with Crippen LogP contribution in [-0.2, 0) is 9.53 Å². The lowest BCUT2D eigenvalue weighted by Gasteiger charge is -2.40. The summed E-state index contributed by atoms with van der Waals surface area (Å²) in [7, 11) is 0. The van der Waals surface area contributed by atoms with Crippen molar-refractivity contribution in [3.05, 3.63) is 30.4 Å². The van der Waals surface area contributed by atoms with Crippen LogP contribution in [0.15, 0.2) is 29.0 Å². The third-order valence-corrected chi connectivity index (χ3v) is 6.29. The van der Waals surface area contributed by atoms with Gasteiger partial charge in [-0.15, -0.1) is 0 Å². The highest BCUT2D eigenvalue weighted by Gasteiger charge is 2.46. The van der Waals surface area contributed by atoms with E-state index in [1.54, 1.807) is 12.4 Å². The van der Waals surface area contributed by atoms with Gasteiger partial charge in [0.25, 0.3) is 0 Å². The third-order valence-electron chi connectivity index (χ3n) is 6.29. The highest BCUT2D eigenvalue weighted by atomic mass is 16.5. The fourth-order valence-corrected chi connectivity index (χ4v) is 4.91. The lowest BCUT2D eigenvalue weighted by Crippen LogP contribution is -2.49. The molecule has 7 heteroatoms. The quantitative estimate of drug-likeness (QED) is 0.829. The third kappa shape index (κ3) is 3.14. The average molecular weight is 368 g/mol. The Morgan fingerprint density at radius 3 is 2.44 bits per heavy atom. The standard InChI is InChI=1S/C20H24N4O3/c25-20(14-5-9-26-10-6-14)24-16-1-2-17(24)12-15(11-16)19-22-18(23-27-19)13-3-7-21-8-4-13/h3-4,7-8,14-17H,1-2,5-6,9-12H2. The number of ether oxygens (including phenoxy) is 1. The molecular weight excluding hydrogens is 344 g/mol. The van der Waals surface area contributed by atoms with E-state index in [-0.39, 0.29) is 11.8 Å². The zero-order valence-corrected chi connectivity index (χ0v) is 15.3. The van der Waals surface area contributed by atoms with Crippen molar-refractivity contribution >= 4 is 5.91 Å². The van der Waals surface area contributed by atoms with Crippen LogP contribution in [0.5, 0.6) is 0 Å². The number of aromatic nitrogens is 3. The molecular formula is C20H24N4O3. The van der Waals surface area contributed by atoms with E-state index in [9.17, 15) is 4.79 Å². The summed E-state index contributed by atoms with van der Waals surface area (Å²) in [4.78, 5) is 23.9. The van der Waals surface area contributed by atoms with Gasteiger partial charge in [-0.05, 0) is 50.7 Å². The molecule has 2 atom stereocenters. The molecule has 3 aliphatic rings. The first kappa shape index (κ1) is 16.9. The van der Waals surface area contributed by atoms with Gasteiger partial charge < -0.3 is 14.2 Å². The number of piperidine rings is 1. The number of nitrogens with zero attached hydrogens (tertiary/aromatic N) is 4. The smallest absolute Gasteiger partial charge is 0.230 e. The summed E-state index contributed by atoms with van der Waals surface area (Å²) in [5.74, 6) is 2.04. The van der Waals surface area contributed by atoms with E-state index in [0.717, 1.165) is 44.1 Å². The molecule has 5 heterocycles. The van der Waals surface area contributed by atoms with Crippen LogP contribution in [0.3, 0.4) is 0 Å². The van der Waals surface area contributed by atoms with E-state index in [4.69, 9.17) is 9.26 Å². The van der Waals surface area contributed by atoms with E-state index < -0.39 is 0 Å². The monoisotopic (exact) mass is 368 g/mol. The second-order valence-corrected chi connectivity index (χ2v) is 7.88. The van der Waals surface area contributed by atoms with Crippen molar-refractivity contribution in [2.24, 2.45) is 5.92 Å². The lowest BCUT2D eigenvalue weighted by atomic mass is 9.88. The second kappa shape index (κ2) is 7.03. The lowest BCUT2D eigenvalue weighted by molar-refractivity contribution is -0.143. The van der Waals surface area contributed by atoms with E-state index in [0.29, 0.717) is 42.9 Å². The first-order chi connectivity index (χ1) is 13.3. The first-order valence-corrected chi connectivity index (χ1v) is 9.93. The van der Waals surface area contributed by atoms with E-state index in [1.807, 2.05) is 12.1 Å². The van der Waals surface area contributed by atoms with E-state index in [1.165, 1.54) is 0 Å². The predicted molar refractivity (Wildman–Crippen MR) is 96.7 cm³/mol. The van der Waals surface area contributed by atoms with Gasteiger partial charge in [0.2, 0.25) is 17.6 Å². The largest absolute Gasteiger partial charge is 0.381 e. The van der Waals surface area contributed by atoms with Gasteiger partial charge in [0, 0.05) is 55.1 Å². The zero-order valence-electron chi connectivity index (χ0n) is 15.3. The predicted octanol–water partition coefficient (Wildman–Crippen LogP) is 2.80. The number of amides is 1. The van der Waals surface area contributed by atoms with Crippen molar-refractivity contribution < 1.29 is 14.1 Å². The van der Waals surface area contributed by atoms with Gasteiger partial charge in [-0.3, -0.25) is 9.78 Å². The molecule has 3 saturated heterocycles. The van der Waals surface area contributed by atoms with Crippen LogP contribution in [0, 0.1) is 5.92 Å². The Morgan fingerprint density at radius 1 is 1.04 bits per heavy atom. The SMILES string of the molecule is O=C(C1CCOCC1)N1C2CCC1CC(c1nc(-c3ccncc3)no1)C2. The normalized spacial score (nSPS) is 28.4. The minimum atomic E-state index is 0.139. The first-order valence-electron chi connectivity index (χ1n) is 9.93. The van der Waals surface area contributed by atoms with Crippen LogP contribution >= 0.6 is 0 Å². The topological polar surface area (TPSA) is 81.4 Å². The van der Waals surface area contributed by atoms with Crippen LogP contribution in [0.25, 0.3) is 11.4 Å². The Bertz CT molecular complexity index is 789. The molecule has 2 aromatic heterocycles. The molecule has 2 bridgehead atoms. The number of hydrogen-bond donors (Lipinski definition) is 0. The maximum absolute atomic E-state index is 13.1. The molecule has 0 saturated carbocycles. The van der Waals surface area contributed by atoms with E-state index >= 15 is 0 Å². The van der Waals surface area contributed by atoms with Gasteiger partial charge in [-0.2, -0.15) is 4.98 Å². The maximum Gasteiger partial charge on any atom is 0.230 e. The molecule has 3 aliphatic heterocycles. The van der Waals surface area contributed by atoms with Gasteiger partial charge in [0.15, 0.2) is 0 Å². The Hall–Kier alpha value is -2.28. The van der Waals surface area contributed by atoms with Crippen molar-refractivity contribution in [3.63, 3.8) is 0 Å². The summed E-state index contributed by atoms with van der Waals surface area (Å²) in [5.41, 5.74) is 0.912. The van der Waals surface area contributed by atoms with Crippen LogP contribution in [0.4, 0.5) is 0 Å². The van der Waals surface area contributed by atoms with Crippen LogP contribution in [0.2, 0.25) is 0 Å². The summed E-state index contributed by atoms with van der Waals surface area (Å²) in [5, 5.41) is 4.15. The molecule has 27 heavy (non-hydrogen) atoms. The molecule has 142 valence electrons. The molecule has 2 aromatic rings. The molecule has 3 fully saturated rings. The number of carbonyl (C=O) groups excluding carboxylic acids is 1. The highest BCUT2D eigenvalue weighted by Crippen LogP contribution is 2.44. The van der Waals surface area contributed by atoms with Gasteiger partial charge in [0.1, 0.15) is 0 Å². The molecule has 0 spiro atoms. The van der Waals surface area contributed by atoms with Crippen LogP contribution in [-0.4, -0.2) is 51.2 Å². The highest BCUT2D eigenvalue weighted by molar-refractivity contribution is 5.80. The summed E-state index contributed by atoms with van der Waals surface area (Å²) < 4.78 is 11.0. The van der Waals surface area contributed by atoms with Gasteiger partial charge >= 0.3 is 0 Å². The average Bonchev–Trinajstić information content (AvgIpc) is 3.32. The number of pyridine rings is 1. The van der Waals surface area contributed by atoms with E-state index in [2.05, 4.69) is 20.0 Å². The number of hydrogen-bond acceptors (Lipinski definition) is 6. The Labute approximate surface area is 158 Å². The zero-order chi connectivity index (χ0) is 18.2. The summed E-state index contributed by atoms with van der Waals surface area (Å²) in [6, 6.07) is 4.38. The van der Waals surface area contributed by atoms with Crippen molar-refractivity contribution in [1.29, 1.82) is 0 Å². The molecule has 0 N–H and O–H groups in total. The maximum atomic E-state index is 13.1. The fraction of sp³-hybridized carbons (Fsp3) is 0.600. The van der Waals surface area contributed by atoms with Crippen molar-refractivity contribution in [2.45, 2.75) is 56.5 Å². The Kier molecular flexibility index (Phi) is 4.39. The summed E-state index contributed by atoms with van der Waals surface area (Å²) in [6.45, 7) is 1.42. The second-order valence-electron chi connectivity index (χ2n) is 7.88. The van der Waals surface area contributed by atoms with Gasteiger partial charge in [0.05, 0.1) is 0 Å². The number of carbonyl (C=O) groups is 1. The Morgan fingerprint density at radius 2 is 1.74 bits per heavy atom.